The van der Waals surface area contributed by atoms with Crippen molar-refractivity contribution in [1.29, 1.82) is 0 Å². The normalized spacial score (nSPS) is 24.2. The van der Waals surface area contributed by atoms with Crippen molar-refractivity contribution in [3.05, 3.63) is 47.5 Å². The van der Waals surface area contributed by atoms with Crippen LogP contribution in [0, 0.1) is 11.8 Å². The maximum Gasteiger partial charge on any atom is 0.0433 e. The van der Waals surface area contributed by atoms with Gasteiger partial charge in [0.05, 0.1) is 0 Å². The van der Waals surface area contributed by atoms with E-state index in [1.807, 2.05) is 20.8 Å². The van der Waals surface area contributed by atoms with Crippen LogP contribution in [0.5, 0.6) is 0 Å². The van der Waals surface area contributed by atoms with E-state index in [2.05, 4.69) is 58.8 Å². The highest BCUT2D eigenvalue weighted by Gasteiger charge is 2.40. The number of piperidine rings is 1. The molecule has 1 aromatic rings. The Bertz CT molecular complexity index is 576. The summed E-state index contributed by atoms with van der Waals surface area (Å²) in [6.45, 7) is 9.32. The summed E-state index contributed by atoms with van der Waals surface area (Å²) < 4.78 is 4.54. The molecule has 0 aromatic heterocycles. The van der Waals surface area contributed by atoms with Gasteiger partial charge in [-0.25, -0.2) is 0 Å². The lowest BCUT2D eigenvalue weighted by Crippen LogP contribution is -2.39. The second-order valence-electron chi connectivity index (χ2n) is 8.54. The fourth-order valence-corrected chi connectivity index (χ4v) is 5.05. The first-order valence-electron chi connectivity index (χ1n) is 12.2. The summed E-state index contributed by atoms with van der Waals surface area (Å²) in [6, 6.07) is 9.09. The Balaban J connectivity index is 0.000000250. The number of nitrogens with two attached hydrogens (primary N) is 1. The molecule has 3 nitrogen and oxygen atoms in total. The van der Waals surface area contributed by atoms with Crippen molar-refractivity contribution in [2.75, 3.05) is 40.9 Å². The lowest BCUT2D eigenvalue weighted by Gasteiger charge is -2.38. The quantitative estimate of drug-likeness (QED) is 0.586. The van der Waals surface area contributed by atoms with Crippen molar-refractivity contribution in [3.63, 3.8) is 0 Å². The first-order chi connectivity index (χ1) is 14.7. The van der Waals surface area contributed by atoms with Crippen LogP contribution in [0.15, 0.2) is 36.4 Å². The van der Waals surface area contributed by atoms with Crippen LogP contribution in [0.1, 0.15) is 70.4 Å². The van der Waals surface area contributed by atoms with Crippen LogP contribution < -0.4 is 5.73 Å². The van der Waals surface area contributed by atoms with Gasteiger partial charge < -0.3 is 15.4 Å². The zero-order valence-electron chi connectivity index (χ0n) is 20.6. The van der Waals surface area contributed by atoms with E-state index in [9.17, 15) is 0 Å². The maximum atomic E-state index is 4.54. The fourth-order valence-electron chi connectivity index (χ4n) is 5.05. The summed E-state index contributed by atoms with van der Waals surface area (Å²) in [5, 5.41) is 0. The molecule has 1 saturated heterocycles. The number of allylic oxidation sites excluding steroid dienone is 2. The maximum absolute atomic E-state index is 4.54. The first-order valence-corrected chi connectivity index (χ1v) is 12.2. The van der Waals surface area contributed by atoms with E-state index in [0.717, 1.165) is 18.4 Å². The molecule has 2 unspecified atom stereocenters. The molecule has 3 heteroatoms. The average Bonchev–Trinajstić information content (AvgIpc) is 3.57. The Morgan fingerprint density at radius 2 is 1.53 bits per heavy atom. The molecular formula is C27H48N2O. The Kier molecular flexibility index (Phi) is 13.2. The number of benzene rings is 1. The summed E-state index contributed by atoms with van der Waals surface area (Å²) in [7, 11) is 5.42. The molecule has 0 radical (unpaired) electrons. The number of nitrogens with zero attached hydrogens (tertiary/aromatic N) is 1. The van der Waals surface area contributed by atoms with Gasteiger partial charge >= 0.3 is 0 Å². The molecule has 1 aliphatic heterocycles. The zero-order chi connectivity index (χ0) is 22.4. The molecule has 172 valence electrons. The van der Waals surface area contributed by atoms with Crippen LogP contribution >= 0.6 is 0 Å². The number of rotatable bonds is 1. The van der Waals surface area contributed by atoms with Crippen molar-refractivity contribution >= 4 is 0 Å². The molecule has 2 atom stereocenters. The fraction of sp³-hybridized carbons (Fsp3) is 0.704. The number of ether oxygens (including phenoxy) is 1. The Morgan fingerprint density at radius 3 is 1.97 bits per heavy atom. The molecule has 5 rings (SSSR count). The highest BCUT2D eigenvalue weighted by molar-refractivity contribution is 5.39. The topological polar surface area (TPSA) is 38.5 Å². The van der Waals surface area contributed by atoms with E-state index in [4.69, 9.17) is 0 Å². The minimum absolute atomic E-state index is 0.545. The number of methoxy groups -OCH3 is 1. The third-order valence-electron chi connectivity index (χ3n) is 6.86. The lowest BCUT2D eigenvalue weighted by atomic mass is 9.74. The molecule has 1 aromatic carbocycles. The van der Waals surface area contributed by atoms with Gasteiger partial charge in [-0.3, -0.25) is 0 Å². The van der Waals surface area contributed by atoms with Gasteiger partial charge in [-0.1, -0.05) is 50.3 Å². The van der Waals surface area contributed by atoms with Crippen molar-refractivity contribution < 1.29 is 4.74 Å². The SMILES string of the molecule is C1=CC2CCC1C2.CC.CCOC.CN.CN1CCC2(CCc3ccccc32)CC1. The lowest BCUT2D eigenvalue weighted by molar-refractivity contribution is 0.187. The molecule has 1 saturated carbocycles. The van der Waals surface area contributed by atoms with E-state index < -0.39 is 0 Å². The van der Waals surface area contributed by atoms with Crippen LogP contribution in [-0.4, -0.2) is 45.8 Å². The van der Waals surface area contributed by atoms with E-state index in [-0.39, 0.29) is 0 Å². The number of likely N-dealkylation sites (tertiary alicyclic amines) is 1. The number of hydrogen-bond acceptors (Lipinski definition) is 3. The highest BCUT2D eigenvalue weighted by atomic mass is 16.5. The molecule has 2 fully saturated rings. The second-order valence-corrected chi connectivity index (χ2v) is 8.54. The van der Waals surface area contributed by atoms with Gasteiger partial charge in [-0.15, -0.1) is 0 Å². The third kappa shape index (κ3) is 7.51. The minimum atomic E-state index is 0.545. The molecule has 4 aliphatic rings. The van der Waals surface area contributed by atoms with Crippen molar-refractivity contribution in [1.82, 2.24) is 4.90 Å². The number of aryl methyl sites for hydroxylation is 1. The highest BCUT2D eigenvalue weighted by Crippen LogP contribution is 2.45. The predicted molar refractivity (Wildman–Crippen MR) is 132 cm³/mol. The van der Waals surface area contributed by atoms with Crippen LogP contribution in [-0.2, 0) is 16.6 Å². The van der Waals surface area contributed by atoms with Crippen LogP contribution in [0.4, 0.5) is 0 Å². The smallest absolute Gasteiger partial charge is 0.0433 e. The summed E-state index contributed by atoms with van der Waals surface area (Å²) in [5.74, 6) is 1.98. The third-order valence-corrected chi connectivity index (χ3v) is 6.86. The number of hydrogen-bond donors (Lipinski definition) is 1. The van der Waals surface area contributed by atoms with Gasteiger partial charge in [0.2, 0.25) is 0 Å². The average molecular weight is 417 g/mol. The van der Waals surface area contributed by atoms with E-state index in [1.165, 1.54) is 65.1 Å². The van der Waals surface area contributed by atoms with Gasteiger partial charge in [0, 0.05) is 13.7 Å². The van der Waals surface area contributed by atoms with Crippen molar-refractivity contribution in [2.24, 2.45) is 17.6 Å². The predicted octanol–water partition coefficient (Wildman–Crippen LogP) is 5.82. The molecule has 30 heavy (non-hydrogen) atoms. The van der Waals surface area contributed by atoms with Crippen LogP contribution in [0.2, 0.25) is 0 Å². The zero-order valence-corrected chi connectivity index (χ0v) is 20.6. The Labute approximate surface area is 187 Å². The molecule has 2 bridgehead atoms. The van der Waals surface area contributed by atoms with Crippen LogP contribution in [0.25, 0.3) is 0 Å². The molecule has 1 heterocycles. The molecule has 3 aliphatic carbocycles. The molecule has 0 amide bonds. The summed E-state index contributed by atoms with van der Waals surface area (Å²) in [5.41, 5.74) is 8.32. The minimum Gasteiger partial charge on any atom is -0.385 e. The number of fused-ring (bicyclic) bond motifs is 4. The molecule has 2 N–H and O–H groups in total. The monoisotopic (exact) mass is 416 g/mol. The van der Waals surface area contributed by atoms with Crippen molar-refractivity contribution in [3.8, 4) is 0 Å². The Hall–Kier alpha value is -1.16. The summed E-state index contributed by atoms with van der Waals surface area (Å²) >= 11 is 0. The van der Waals surface area contributed by atoms with E-state index >= 15 is 0 Å². The molecular weight excluding hydrogens is 368 g/mol. The van der Waals surface area contributed by atoms with Crippen LogP contribution in [0.3, 0.4) is 0 Å². The van der Waals surface area contributed by atoms with E-state index in [0.29, 0.717) is 5.41 Å². The molecule has 1 spiro atoms. The Morgan fingerprint density at radius 1 is 1.00 bits per heavy atom. The van der Waals surface area contributed by atoms with Gasteiger partial charge in [0.1, 0.15) is 0 Å². The standard InChI is InChI=1S/C14H19N.C7H10.C3H8O.C2H6.CH5N/c1-15-10-8-14(9-11-15)7-6-12-4-2-3-5-13(12)14;1-2-7-4-3-6(1)5-7;1-3-4-2;2*1-2/h2-5H,6-11H2,1H3;1-2,6-7H,3-5H2;3H2,1-2H3;1-2H3;2H2,1H3. The second kappa shape index (κ2) is 14.8. The van der Waals surface area contributed by atoms with Gasteiger partial charge in [0.15, 0.2) is 0 Å². The largest absolute Gasteiger partial charge is 0.385 e. The van der Waals surface area contributed by atoms with Gasteiger partial charge in [-0.05, 0) is 107 Å². The summed E-state index contributed by atoms with van der Waals surface area (Å²) in [4.78, 5) is 2.46. The van der Waals surface area contributed by atoms with Crippen molar-refractivity contribution in [2.45, 2.75) is 71.1 Å². The van der Waals surface area contributed by atoms with Gasteiger partial charge in [0.25, 0.3) is 0 Å². The summed E-state index contributed by atoms with van der Waals surface area (Å²) in [6.07, 6.45) is 14.6. The van der Waals surface area contributed by atoms with Gasteiger partial charge in [-0.2, -0.15) is 0 Å². The van der Waals surface area contributed by atoms with E-state index in [1.54, 1.807) is 18.2 Å². The first kappa shape index (κ1) is 26.9.